The van der Waals surface area contributed by atoms with Crippen molar-refractivity contribution in [3.63, 3.8) is 0 Å². The summed E-state index contributed by atoms with van der Waals surface area (Å²) in [5, 5.41) is 41.0. The second-order valence-electron chi connectivity index (χ2n) is 6.50. The number of fused-ring (bicyclic) bond motifs is 2. The Bertz CT molecular complexity index is 623. The number of ether oxygens (including phenoxy) is 1. The summed E-state index contributed by atoms with van der Waals surface area (Å²) in [5.74, 6) is -1.30. The Labute approximate surface area is 128 Å². The normalized spacial score (nSPS) is 37.4. The summed E-state index contributed by atoms with van der Waals surface area (Å²) < 4.78 is 5.07. The molecule has 0 aromatic heterocycles. The molecule has 4 N–H and O–H groups in total. The standard InChI is InChI=1S/C16H20O6/c1-16(21)6-10-8(5-12(16)18)15(20)13-9(14(10)19)3-7(22-2)4-11(13)17/h3-4,8,10,12,14,17-19,21H,5-6H2,1-2H3/t8-,10-,12+,14+,16-/m0/s1. The van der Waals surface area contributed by atoms with E-state index in [-0.39, 0.29) is 29.9 Å². The van der Waals surface area contributed by atoms with E-state index in [0.29, 0.717) is 11.3 Å². The minimum absolute atomic E-state index is 0.0679. The Balaban J connectivity index is 2.10. The lowest BCUT2D eigenvalue weighted by Crippen LogP contribution is -2.52. The number of carbonyl (C=O) groups excluding carboxylic acids is 1. The molecule has 5 atom stereocenters. The summed E-state index contributed by atoms with van der Waals surface area (Å²) in [7, 11) is 1.43. The van der Waals surface area contributed by atoms with Gasteiger partial charge in [-0.25, -0.2) is 0 Å². The topological polar surface area (TPSA) is 107 Å². The second-order valence-corrected chi connectivity index (χ2v) is 6.50. The first-order valence-corrected chi connectivity index (χ1v) is 7.30. The van der Waals surface area contributed by atoms with E-state index in [2.05, 4.69) is 0 Å². The molecule has 0 bridgehead atoms. The van der Waals surface area contributed by atoms with E-state index in [9.17, 15) is 25.2 Å². The van der Waals surface area contributed by atoms with Gasteiger partial charge in [0.05, 0.1) is 30.5 Å². The molecule has 0 heterocycles. The lowest BCUT2D eigenvalue weighted by molar-refractivity contribution is -0.131. The number of carbonyl (C=O) groups is 1. The minimum Gasteiger partial charge on any atom is -0.507 e. The summed E-state index contributed by atoms with van der Waals surface area (Å²) in [4.78, 5) is 12.7. The highest BCUT2D eigenvalue weighted by atomic mass is 16.5. The van der Waals surface area contributed by atoms with Gasteiger partial charge in [0, 0.05) is 17.9 Å². The van der Waals surface area contributed by atoms with Gasteiger partial charge in [-0.3, -0.25) is 4.79 Å². The molecule has 1 fully saturated rings. The quantitative estimate of drug-likeness (QED) is 0.610. The van der Waals surface area contributed by atoms with Gasteiger partial charge in [0.25, 0.3) is 0 Å². The number of aromatic hydroxyl groups is 1. The Morgan fingerprint density at radius 1 is 1.32 bits per heavy atom. The van der Waals surface area contributed by atoms with E-state index in [4.69, 9.17) is 4.74 Å². The van der Waals surface area contributed by atoms with Crippen molar-refractivity contribution < 1.29 is 30.0 Å². The Morgan fingerprint density at radius 3 is 2.64 bits per heavy atom. The molecule has 0 saturated heterocycles. The number of phenolic OH excluding ortho intramolecular Hbond substituents is 1. The largest absolute Gasteiger partial charge is 0.507 e. The van der Waals surface area contributed by atoms with Gasteiger partial charge >= 0.3 is 0 Å². The third-order valence-corrected chi connectivity index (χ3v) is 5.03. The zero-order chi connectivity index (χ0) is 16.2. The second kappa shape index (κ2) is 4.94. The molecule has 0 spiro atoms. The molecular formula is C16H20O6. The Kier molecular flexibility index (Phi) is 3.43. The van der Waals surface area contributed by atoms with Crippen LogP contribution in [0.4, 0.5) is 0 Å². The van der Waals surface area contributed by atoms with E-state index in [0.717, 1.165) is 0 Å². The van der Waals surface area contributed by atoms with Crippen LogP contribution in [0.5, 0.6) is 11.5 Å². The number of benzene rings is 1. The van der Waals surface area contributed by atoms with Crippen molar-refractivity contribution in [1.29, 1.82) is 0 Å². The predicted molar refractivity (Wildman–Crippen MR) is 76.8 cm³/mol. The van der Waals surface area contributed by atoms with E-state index in [1.165, 1.54) is 26.2 Å². The number of Topliss-reactive ketones (excluding diaryl/α,β-unsaturated/α-hetero) is 1. The van der Waals surface area contributed by atoms with E-state index in [1.54, 1.807) is 0 Å². The van der Waals surface area contributed by atoms with Crippen LogP contribution in [0.15, 0.2) is 12.1 Å². The number of phenols is 1. The van der Waals surface area contributed by atoms with Crippen molar-refractivity contribution in [3.8, 4) is 11.5 Å². The third kappa shape index (κ3) is 2.10. The highest BCUT2D eigenvalue weighted by molar-refractivity contribution is 6.03. The first-order chi connectivity index (χ1) is 10.3. The summed E-state index contributed by atoms with van der Waals surface area (Å²) in [6.45, 7) is 1.50. The minimum atomic E-state index is -1.35. The zero-order valence-electron chi connectivity index (χ0n) is 12.5. The first-order valence-electron chi connectivity index (χ1n) is 7.30. The van der Waals surface area contributed by atoms with E-state index < -0.39 is 29.6 Å². The van der Waals surface area contributed by atoms with Gasteiger partial charge in [-0.2, -0.15) is 0 Å². The highest BCUT2D eigenvalue weighted by Gasteiger charge is 2.52. The van der Waals surface area contributed by atoms with Crippen molar-refractivity contribution in [3.05, 3.63) is 23.3 Å². The van der Waals surface area contributed by atoms with Gasteiger partial charge in [0.2, 0.25) is 0 Å². The zero-order valence-corrected chi connectivity index (χ0v) is 12.5. The summed E-state index contributed by atoms with van der Waals surface area (Å²) in [5.41, 5.74) is -0.945. The van der Waals surface area contributed by atoms with Crippen LogP contribution in [0.25, 0.3) is 0 Å². The summed E-state index contributed by atoms with van der Waals surface area (Å²) in [6, 6.07) is 2.87. The number of hydrogen-bond acceptors (Lipinski definition) is 6. The molecule has 1 aromatic carbocycles. The molecule has 2 aliphatic rings. The first kappa shape index (κ1) is 15.3. The van der Waals surface area contributed by atoms with Gasteiger partial charge in [0.1, 0.15) is 11.5 Å². The molecule has 2 aliphatic carbocycles. The van der Waals surface area contributed by atoms with Crippen molar-refractivity contribution >= 4 is 5.78 Å². The van der Waals surface area contributed by atoms with Crippen LogP contribution in [0, 0.1) is 11.8 Å². The lowest BCUT2D eigenvalue weighted by Gasteiger charge is -2.46. The monoisotopic (exact) mass is 308 g/mol. The van der Waals surface area contributed by atoms with Crippen LogP contribution in [0.1, 0.15) is 41.8 Å². The van der Waals surface area contributed by atoms with Gasteiger partial charge in [-0.1, -0.05) is 0 Å². The van der Waals surface area contributed by atoms with E-state index >= 15 is 0 Å². The average molecular weight is 308 g/mol. The average Bonchev–Trinajstić information content (AvgIpc) is 2.46. The molecule has 6 heteroatoms. The molecule has 22 heavy (non-hydrogen) atoms. The van der Waals surface area contributed by atoms with Crippen LogP contribution < -0.4 is 4.74 Å². The number of aliphatic hydroxyl groups is 3. The number of rotatable bonds is 1. The number of hydrogen-bond donors (Lipinski definition) is 4. The maximum atomic E-state index is 12.7. The molecule has 6 nitrogen and oxygen atoms in total. The van der Waals surface area contributed by atoms with Crippen molar-refractivity contribution in [2.45, 2.75) is 37.6 Å². The molecule has 0 amide bonds. The van der Waals surface area contributed by atoms with Crippen LogP contribution >= 0.6 is 0 Å². The summed E-state index contributed by atoms with van der Waals surface area (Å²) >= 11 is 0. The van der Waals surface area contributed by atoms with Crippen LogP contribution in [0.3, 0.4) is 0 Å². The number of methoxy groups -OCH3 is 1. The number of ketones is 1. The molecule has 1 aromatic rings. The highest BCUT2D eigenvalue weighted by Crippen LogP contribution is 2.50. The lowest BCUT2D eigenvalue weighted by atomic mass is 9.62. The maximum absolute atomic E-state index is 12.7. The Morgan fingerprint density at radius 2 is 2.00 bits per heavy atom. The van der Waals surface area contributed by atoms with Gasteiger partial charge in [0.15, 0.2) is 5.78 Å². The van der Waals surface area contributed by atoms with Crippen molar-refractivity contribution in [2.24, 2.45) is 11.8 Å². The molecule has 3 rings (SSSR count). The number of aliphatic hydroxyl groups excluding tert-OH is 2. The molecule has 0 unspecified atom stereocenters. The fraction of sp³-hybridized carbons (Fsp3) is 0.562. The van der Waals surface area contributed by atoms with Crippen molar-refractivity contribution in [1.82, 2.24) is 0 Å². The molecular weight excluding hydrogens is 288 g/mol. The molecule has 120 valence electrons. The van der Waals surface area contributed by atoms with Gasteiger partial charge < -0.3 is 25.2 Å². The van der Waals surface area contributed by atoms with Crippen LogP contribution in [-0.2, 0) is 0 Å². The predicted octanol–water partition coefficient (Wildman–Crippen LogP) is 0.769. The fourth-order valence-corrected chi connectivity index (χ4v) is 3.72. The molecule has 1 saturated carbocycles. The Hall–Kier alpha value is -1.63. The molecule has 0 aliphatic heterocycles. The SMILES string of the molecule is COc1cc(O)c2c(c1)[C@@H](O)[C@H]1C[C@](C)(O)[C@H](O)C[C@@H]1C2=O. The van der Waals surface area contributed by atoms with Crippen LogP contribution in [0.2, 0.25) is 0 Å². The maximum Gasteiger partial charge on any atom is 0.170 e. The van der Waals surface area contributed by atoms with Crippen LogP contribution in [-0.4, -0.2) is 45.0 Å². The van der Waals surface area contributed by atoms with Gasteiger partial charge in [-0.15, -0.1) is 0 Å². The molecule has 0 radical (unpaired) electrons. The van der Waals surface area contributed by atoms with Gasteiger partial charge in [-0.05, 0) is 31.4 Å². The smallest absolute Gasteiger partial charge is 0.170 e. The fourth-order valence-electron chi connectivity index (χ4n) is 3.72. The summed E-state index contributed by atoms with van der Waals surface area (Å²) in [6.07, 6.45) is -1.86. The third-order valence-electron chi connectivity index (χ3n) is 5.03. The van der Waals surface area contributed by atoms with E-state index in [1.807, 2.05) is 0 Å². The van der Waals surface area contributed by atoms with Crippen molar-refractivity contribution in [2.75, 3.05) is 7.11 Å².